The van der Waals surface area contributed by atoms with Gasteiger partial charge >= 0.3 is 11.9 Å². The van der Waals surface area contributed by atoms with Crippen LogP contribution in [0, 0.1) is 35.0 Å². The molecule has 1 aliphatic heterocycles. The van der Waals surface area contributed by atoms with Crippen molar-refractivity contribution in [1.82, 2.24) is 0 Å². The Bertz CT molecular complexity index is 447. The van der Waals surface area contributed by atoms with Crippen molar-refractivity contribution in [2.45, 2.75) is 99.8 Å². The monoisotopic (exact) mass is 366 g/mol. The lowest BCUT2D eigenvalue weighted by Crippen LogP contribution is -2.16. The van der Waals surface area contributed by atoms with E-state index in [1.165, 1.54) is 32.1 Å². The van der Waals surface area contributed by atoms with Gasteiger partial charge in [0.25, 0.3) is 0 Å². The molecule has 0 amide bonds. The zero-order valence-electron chi connectivity index (χ0n) is 18.3. The number of hydrogen-bond acceptors (Lipinski definition) is 3. The zero-order chi connectivity index (χ0) is 19.9. The molecular weight excluding hydrogens is 324 g/mol. The Kier molecular flexibility index (Phi) is 9.33. The summed E-state index contributed by atoms with van der Waals surface area (Å²) in [6.07, 6.45) is 8.37. The first-order valence-corrected chi connectivity index (χ1v) is 10.7. The molecule has 0 aliphatic carbocycles. The molecule has 0 aromatic heterocycles. The van der Waals surface area contributed by atoms with Gasteiger partial charge < -0.3 is 4.74 Å². The Labute approximate surface area is 161 Å². The van der Waals surface area contributed by atoms with Crippen molar-refractivity contribution in [1.29, 1.82) is 0 Å². The molecular formula is C23H42O3. The average Bonchev–Trinajstić information content (AvgIpc) is 2.77. The zero-order valence-corrected chi connectivity index (χ0v) is 18.3. The molecule has 1 fully saturated rings. The first-order chi connectivity index (χ1) is 12.0. The number of carbonyl (C=O) groups is 2. The van der Waals surface area contributed by atoms with Crippen molar-refractivity contribution < 1.29 is 14.3 Å². The lowest BCUT2D eigenvalue weighted by Gasteiger charge is -2.27. The van der Waals surface area contributed by atoms with E-state index in [0.717, 1.165) is 18.8 Å². The molecule has 0 radical (unpaired) electrons. The molecule has 1 aliphatic rings. The van der Waals surface area contributed by atoms with Crippen LogP contribution >= 0.6 is 0 Å². The molecule has 3 nitrogen and oxygen atoms in total. The standard InChI is InChI=1S/C23H42O3/c1-16(2)8-9-19(10-11-20-14-21(24)26-22(20)25)13-17(3)12-18(4)15-23(5,6)7/h16-20H,8-15H2,1-7H3. The number of rotatable bonds is 11. The van der Waals surface area contributed by atoms with Crippen molar-refractivity contribution in [3.8, 4) is 0 Å². The van der Waals surface area contributed by atoms with Gasteiger partial charge in [-0.25, -0.2) is 0 Å². The van der Waals surface area contributed by atoms with E-state index in [4.69, 9.17) is 4.74 Å². The highest BCUT2D eigenvalue weighted by Crippen LogP contribution is 2.33. The molecule has 0 bridgehead atoms. The molecule has 26 heavy (non-hydrogen) atoms. The summed E-state index contributed by atoms with van der Waals surface area (Å²) in [6, 6.07) is 0. The number of cyclic esters (lactones) is 2. The van der Waals surface area contributed by atoms with Crippen molar-refractivity contribution in [3.05, 3.63) is 0 Å². The molecule has 1 rings (SSSR count). The van der Waals surface area contributed by atoms with Gasteiger partial charge in [0.05, 0.1) is 12.3 Å². The fourth-order valence-electron chi connectivity index (χ4n) is 4.61. The largest absolute Gasteiger partial charge is 0.393 e. The van der Waals surface area contributed by atoms with Gasteiger partial charge in [0, 0.05) is 0 Å². The van der Waals surface area contributed by atoms with Crippen molar-refractivity contribution >= 4 is 11.9 Å². The summed E-state index contributed by atoms with van der Waals surface area (Å²) in [5.41, 5.74) is 0.394. The van der Waals surface area contributed by atoms with Crippen LogP contribution in [-0.4, -0.2) is 11.9 Å². The van der Waals surface area contributed by atoms with E-state index in [2.05, 4.69) is 48.5 Å². The van der Waals surface area contributed by atoms with Crippen LogP contribution in [0.1, 0.15) is 99.8 Å². The van der Waals surface area contributed by atoms with Crippen LogP contribution in [0.5, 0.6) is 0 Å². The third-order valence-corrected chi connectivity index (χ3v) is 5.54. The molecule has 0 aromatic carbocycles. The van der Waals surface area contributed by atoms with E-state index < -0.39 is 0 Å². The molecule has 0 N–H and O–H groups in total. The molecule has 3 heteroatoms. The van der Waals surface area contributed by atoms with E-state index >= 15 is 0 Å². The van der Waals surface area contributed by atoms with E-state index in [1.54, 1.807) is 0 Å². The summed E-state index contributed by atoms with van der Waals surface area (Å²) in [7, 11) is 0. The first kappa shape index (κ1) is 23.2. The first-order valence-electron chi connectivity index (χ1n) is 10.7. The van der Waals surface area contributed by atoms with Gasteiger partial charge in [0.15, 0.2) is 0 Å². The Morgan fingerprint density at radius 2 is 1.62 bits per heavy atom. The van der Waals surface area contributed by atoms with Crippen molar-refractivity contribution in [2.24, 2.45) is 35.0 Å². The second kappa shape index (κ2) is 10.5. The molecule has 152 valence electrons. The topological polar surface area (TPSA) is 43.4 Å². The Hall–Kier alpha value is -0.860. The smallest absolute Gasteiger partial charge is 0.317 e. The van der Waals surface area contributed by atoms with E-state index in [0.29, 0.717) is 23.2 Å². The number of ether oxygens (including phenoxy) is 1. The third-order valence-electron chi connectivity index (χ3n) is 5.54. The molecule has 0 spiro atoms. The fraction of sp³-hybridized carbons (Fsp3) is 0.913. The summed E-state index contributed by atoms with van der Waals surface area (Å²) < 4.78 is 4.71. The second-order valence-electron chi connectivity index (χ2n) is 10.6. The van der Waals surface area contributed by atoms with Gasteiger partial charge in [-0.15, -0.1) is 0 Å². The van der Waals surface area contributed by atoms with E-state index in [1.807, 2.05) is 0 Å². The van der Waals surface area contributed by atoms with Crippen molar-refractivity contribution in [3.63, 3.8) is 0 Å². The minimum atomic E-state index is -0.344. The minimum Gasteiger partial charge on any atom is -0.393 e. The second-order valence-corrected chi connectivity index (χ2v) is 10.6. The van der Waals surface area contributed by atoms with Gasteiger partial charge in [0.1, 0.15) is 0 Å². The predicted molar refractivity (Wildman–Crippen MR) is 108 cm³/mol. The Morgan fingerprint density at radius 3 is 2.12 bits per heavy atom. The normalized spacial score (nSPS) is 21.8. The summed E-state index contributed by atoms with van der Waals surface area (Å²) in [5.74, 6) is 1.98. The van der Waals surface area contributed by atoms with Crippen LogP contribution < -0.4 is 0 Å². The third kappa shape index (κ3) is 9.73. The summed E-state index contributed by atoms with van der Waals surface area (Å²) in [5, 5.41) is 0. The summed E-state index contributed by atoms with van der Waals surface area (Å²) in [6.45, 7) is 16.3. The summed E-state index contributed by atoms with van der Waals surface area (Å²) >= 11 is 0. The SMILES string of the molecule is CC(C)CCC(CCC1CC(=O)OC1=O)CC(C)CC(C)CC(C)(C)C. The van der Waals surface area contributed by atoms with Gasteiger partial charge in [0.2, 0.25) is 0 Å². The Balaban J connectivity index is 2.50. The molecule has 1 saturated heterocycles. The highest BCUT2D eigenvalue weighted by Gasteiger charge is 2.33. The fourth-order valence-corrected chi connectivity index (χ4v) is 4.61. The predicted octanol–water partition coefficient (Wildman–Crippen LogP) is 6.40. The van der Waals surface area contributed by atoms with Gasteiger partial charge in [-0.2, -0.15) is 0 Å². The molecule has 1 heterocycles. The van der Waals surface area contributed by atoms with E-state index in [9.17, 15) is 9.59 Å². The lowest BCUT2D eigenvalue weighted by molar-refractivity contribution is -0.153. The van der Waals surface area contributed by atoms with Gasteiger partial charge in [-0.05, 0) is 61.2 Å². The van der Waals surface area contributed by atoms with Crippen LogP contribution in [0.25, 0.3) is 0 Å². The number of carbonyl (C=O) groups excluding carboxylic acids is 2. The molecule has 0 aromatic rings. The van der Waals surface area contributed by atoms with Crippen LogP contribution in [0.3, 0.4) is 0 Å². The number of hydrogen-bond donors (Lipinski definition) is 0. The highest BCUT2D eigenvalue weighted by atomic mass is 16.6. The maximum absolute atomic E-state index is 11.7. The Morgan fingerprint density at radius 1 is 0.962 bits per heavy atom. The van der Waals surface area contributed by atoms with Crippen LogP contribution in [0.2, 0.25) is 0 Å². The molecule has 0 saturated carbocycles. The van der Waals surface area contributed by atoms with Crippen LogP contribution in [0.15, 0.2) is 0 Å². The van der Waals surface area contributed by atoms with Gasteiger partial charge in [-0.1, -0.05) is 61.3 Å². The van der Waals surface area contributed by atoms with Gasteiger partial charge in [-0.3, -0.25) is 9.59 Å². The van der Waals surface area contributed by atoms with Crippen molar-refractivity contribution in [2.75, 3.05) is 0 Å². The number of esters is 2. The molecule has 4 unspecified atom stereocenters. The van der Waals surface area contributed by atoms with Crippen LogP contribution in [-0.2, 0) is 14.3 Å². The van der Waals surface area contributed by atoms with Crippen LogP contribution in [0.4, 0.5) is 0 Å². The summed E-state index contributed by atoms with van der Waals surface area (Å²) in [4.78, 5) is 23.0. The quantitative estimate of drug-likeness (QED) is 0.314. The minimum absolute atomic E-state index is 0.195. The maximum Gasteiger partial charge on any atom is 0.317 e. The van der Waals surface area contributed by atoms with E-state index in [-0.39, 0.29) is 24.3 Å². The molecule has 4 atom stereocenters. The lowest BCUT2D eigenvalue weighted by atomic mass is 9.78. The highest BCUT2D eigenvalue weighted by molar-refractivity contribution is 5.94. The average molecular weight is 367 g/mol. The maximum atomic E-state index is 11.7.